The number of hydrogen-bond donors (Lipinski definition) is 1. The van der Waals surface area contributed by atoms with Crippen LogP contribution in [0.3, 0.4) is 0 Å². The number of hydrogen-bond acceptors (Lipinski definition) is 2. The zero-order valence-electron chi connectivity index (χ0n) is 11.4. The van der Waals surface area contributed by atoms with Crippen molar-refractivity contribution in [3.63, 3.8) is 0 Å². The van der Waals surface area contributed by atoms with Gasteiger partial charge < -0.3 is 10.5 Å². The second kappa shape index (κ2) is 6.18. The van der Waals surface area contributed by atoms with Gasteiger partial charge in [0, 0.05) is 16.7 Å². The molecule has 0 heterocycles. The van der Waals surface area contributed by atoms with E-state index in [1.807, 2.05) is 0 Å². The average molecular weight is 332 g/mol. The van der Waals surface area contributed by atoms with Crippen LogP contribution in [-0.4, -0.2) is 7.11 Å². The van der Waals surface area contributed by atoms with E-state index in [0.29, 0.717) is 16.9 Å². The van der Waals surface area contributed by atoms with Crippen molar-refractivity contribution in [2.45, 2.75) is 13.0 Å². The van der Waals surface area contributed by atoms with E-state index in [1.165, 1.54) is 38.3 Å². The van der Waals surface area contributed by atoms with Crippen LogP contribution in [0, 0.1) is 18.6 Å². The normalized spacial score (nSPS) is 12.3. The SMILES string of the molecule is COc1cc(Cl)c(C(N)c2c(F)ccc(C)c2F)cc1Cl. The highest BCUT2D eigenvalue weighted by Crippen LogP contribution is 2.36. The molecule has 2 N–H and O–H groups in total. The van der Waals surface area contributed by atoms with Crippen LogP contribution in [0.25, 0.3) is 0 Å². The lowest BCUT2D eigenvalue weighted by molar-refractivity contribution is 0.415. The lowest BCUT2D eigenvalue weighted by Gasteiger charge is -2.18. The minimum absolute atomic E-state index is 0.226. The summed E-state index contributed by atoms with van der Waals surface area (Å²) in [6.07, 6.45) is 0. The van der Waals surface area contributed by atoms with Crippen LogP contribution in [0.2, 0.25) is 10.0 Å². The molecular formula is C15H13Cl2F2NO. The van der Waals surface area contributed by atoms with Crippen molar-refractivity contribution in [2.24, 2.45) is 5.73 Å². The zero-order valence-corrected chi connectivity index (χ0v) is 12.9. The van der Waals surface area contributed by atoms with Crippen LogP contribution in [0.4, 0.5) is 8.78 Å². The summed E-state index contributed by atoms with van der Waals surface area (Å²) >= 11 is 12.1. The fourth-order valence-electron chi connectivity index (χ4n) is 2.06. The van der Waals surface area contributed by atoms with Gasteiger partial charge in [-0.15, -0.1) is 0 Å². The van der Waals surface area contributed by atoms with Gasteiger partial charge in [-0.05, 0) is 30.2 Å². The van der Waals surface area contributed by atoms with Crippen molar-refractivity contribution in [3.05, 3.63) is 62.6 Å². The Balaban J connectivity index is 2.58. The number of halogens is 4. The molecule has 1 unspecified atom stereocenters. The Bertz CT molecular complexity index is 692. The van der Waals surface area contributed by atoms with E-state index in [1.54, 1.807) is 0 Å². The Morgan fingerprint density at radius 2 is 1.81 bits per heavy atom. The highest BCUT2D eigenvalue weighted by Gasteiger charge is 2.23. The maximum Gasteiger partial charge on any atom is 0.138 e. The molecule has 2 rings (SSSR count). The summed E-state index contributed by atoms with van der Waals surface area (Å²) in [5, 5.41) is 0.491. The predicted octanol–water partition coefficient (Wildman–Crippen LogP) is 4.64. The molecule has 21 heavy (non-hydrogen) atoms. The number of aryl methyl sites for hydroxylation is 1. The highest BCUT2D eigenvalue weighted by atomic mass is 35.5. The van der Waals surface area contributed by atoms with Crippen LogP contribution in [0.1, 0.15) is 22.7 Å². The smallest absolute Gasteiger partial charge is 0.138 e. The quantitative estimate of drug-likeness (QED) is 0.889. The van der Waals surface area contributed by atoms with Crippen LogP contribution >= 0.6 is 23.2 Å². The Morgan fingerprint density at radius 1 is 1.14 bits per heavy atom. The van der Waals surface area contributed by atoms with Gasteiger partial charge in [-0.2, -0.15) is 0 Å². The molecule has 2 aromatic carbocycles. The first kappa shape index (κ1) is 16.0. The van der Waals surface area contributed by atoms with Gasteiger partial charge in [-0.25, -0.2) is 8.78 Å². The van der Waals surface area contributed by atoms with E-state index < -0.39 is 17.7 Å². The molecule has 0 aliphatic carbocycles. The van der Waals surface area contributed by atoms with Crippen molar-refractivity contribution in [2.75, 3.05) is 7.11 Å². The molecule has 0 fully saturated rings. The van der Waals surface area contributed by atoms with Crippen molar-refractivity contribution >= 4 is 23.2 Å². The summed E-state index contributed by atoms with van der Waals surface area (Å²) in [4.78, 5) is 0. The van der Waals surface area contributed by atoms with Crippen molar-refractivity contribution in [1.29, 1.82) is 0 Å². The molecular weight excluding hydrogens is 319 g/mol. The number of ether oxygens (including phenoxy) is 1. The number of rotatable bonds is 3. The molecule has 0 aromatic heterocycles. The highest BCUT2D eigenvalue weighted by molar-refractivity contribution is 6.34. The third-order valence-electron chi connectivity index (χ3n) is 3.24. The molecule has 6 heteroatoms. The molecule has 0 saturated carbocycles. The molecule has 112 valence electrons. The predicted molar refractivity (Wildman–Crippen MR) is 80.1 cm³/mol. The Kier molecular flexibility index (Phi) is 4.71. The van der Waals surface area contributed by atoms with Crippen LogP contribution < -0.4 is 10.5 Å². The largest absolute Gasteiger partial charge is 0.495 e. The first-order valence-corrected chi connectivity index (χ1v) is 6.85. The minimum Gasteiger partial charge on any atom is -0.495 e. The van der Waals surface area contributed by atoms with Gasteiger partial charge in [0.1, 0.15) is 17.4 Å². The van der Waals surface area contributed by atoms with Crippen molar-refractivity contribution < 1.29 is 13.5 Å². The van der Waals surface area contributed by atoms with E-state index in [2.05, 4.69) is 0 Å². The summed E-state index contributed by atoms with van der Waals surface area (Å²) in [7, 11) is 1.44. The topological polar surface area (TPSA) is 35.2 Å². The molecule has 2 nitrogen and oxygen atoms in total. The molecule has 0 bridgehead atoms. The number of benzene rings is 2. The molecule has 0 aliphatic heterocycles. The molecule has 0 spiro atoms. The number of methoxy groups -OCH3 is 1. The lowest BCUT2D eigenvalue weighted by atomic mass is 9.96. The van der Waals surface area contributed by atoms with E-state index in [-0.39, 0.29) is 15.6 Å². The summed E-state index contributed by atoms with van der Waals surface area (Å²) in [6, 6.07) is 4.37. The van der Waals surface area contributed by atoms with Crippen LogP contribution in [-0.2, 0) is 0 Å². The molecule has 2 aromatic rings. The van der Waals surface area contributed by atoms with E-state index in [4.69, 9.17) is 33.7 Å². The fraction of sp³-hybridized carbons (Fsp3) is 0.200. The van der Waals surface area contributed by atoms with Crippen molar-refractivity contribution in [3.8, 4) is 5.75 Å². The summed E-state index contributed by atoms with van der Waals surface area (Å²) in [5.41, 5.74) is 6.37. The number of nitrogens with two attached hydrogens (primary N) is 1. The molecule has 0 saturated heterocycles. The second-order valence-corrected chi connectivity index (χ2v) is 5.39. The summed E-state index contributed by atoms with van der Waals surface area (Å²) < 4.78 is 33.1. The second-order valence-electron chi connectivity index (χ2n) is 4.58. The molecule has 0 radical (unpaired) electrons. The Morgan fingerprint density at radius 3 is 2.43 bits per heavy atom. The van der Waals surface area contributed by atoms with Gasteiger partial charge in [0.2, 0.25) is 0 Å². The monoisotopic (exact) mass is 331 g/mol. The van der Waals surface area contributed by atoms with Gasteiger partial charge >= 0.3 is 0 Å². The Labute approximate surface area is 131 Å². The van der Waals surface area contributed by atoms with E-state index in [0.717, 1.165) is 0 Å². The molecule has 0 amide bonds. The third-order valence-corrected chi connectivity index (χ3v) is 3.86. The molecule has 1 atom stereocenters. The van der Waals surface area contributed by atoms with Crippen LogP contribution in [0.15, 0.2) is 24.3 Å². The van der Waals surface area contributed by atoms with Gasteiger partial charge in [-0.1, -0.05) is 29.3 Å². The van der Waals surface area contributed by atoms with Gasteiger partial charge in [0.05, 0.1) is 18.2 Å². The fourth-order valence-corrected chi connectivity index (χ4v) is 2.58. The average Bonchev–Trinajstić information content (AvgIpc) is 2.45. The van der Waals surface area contributed by atoms with E-state index in [9.17, 15) is 8.78 Å². The lowest BCUT2D eigenvalue weighted by Crippen LogP contribution is -2.17. The van der Waals surface area contributed by atoms with Gasteiger partial charge in [0.25, 0.3) is 0 Å². The van der Waals surface area contributed by atoms with E-state index >= 15 is 0 Å². The maximum atomic E-state index is 14.2. The minimum atomic E-state index is -1.07. The third kappa shape index (κ3) is 2.98. The standard InChI is InChI=1S/C15H13Cl2F2NO/c1-7-3-4-11(18)13(14(7)19)15(20)8-5-10(17)12(21-2)6-9(8)16/h3-6,15H,20H2,1-2H3. The summed E-state index contributed by atoms with van der Waals surface area (Å²) in [5.74, 6) is -1.05. The van der Waals surface area contributed by atoms with Crippen molar-refractivity contribution in [1.82, 2.24) is 0 Å². The van der Waals surface area contributed by atoms with Crippen LogP contribution in [0.5, 0.6) is 5.75 Å². The Hall–Kier alpha value is -1.36. The first-order valence-electron chi connectivity index (χ1n) is 6.09. The van der Waals surface area contributed by atoms with Gasteiger partial charge in [0.15, 0.2) is 0 Å². The maximum absolute atomic E-state index is 14.2. The van der Waals surface area contributed by atoms with Gasteiger partial charge in [-0.3, -0.25) is 0 Å². The molecule has 0 aliphatic rings. The zero-order chi connectivity index (χ0) is 15.7. The first-order chi connectivity index (χ1) is 9.86. The summed E-state index contributed by atoms with van der Waals surface area (Å²) in [6.45, 7) is 1.54.